The minimum Gasteiger partial charge on any atom is -0.481 e. The quantitative estimate of drug-likeness (QED) is 0.725. The van der Waals surface area contributed by atoms with Crippen LogP contribution in [0, 0.1) is 28.6 Å². The van der Waals surface area contributed by atoms with E-state index in [4.69, 9.17) is 5.11 Å². The summed E-state index contributed by atoms with van der Waals surface area (Å²) in [6.45, 7) is 11.2. The Morgan fingerprint density at radius 3 is 2.61 bits per heavy atom. The Labute approximate surface area is 141 Å². The van der Waals surface area contributed by atoms with Gasteiger partial charge in [0.05, 0.1) is 6.10 Å². The van der Waals surface area contributed by atoms with Crippen molar-refractivity contribution in [3.63, 3.8) is 0 Å². The summed E-state index contributed by atoms with van der Waals surface area (Å²) in [6.07, 6.45) is 7.48. The van der Waals surface area contributed by atoms with E-state index >= 15 is 0 Å². The molecule has 0 aromatic carbocycles. The predicted molar refractivity (Wildman–Crippen MR) is 93.1 cm³/mol. The molecule has 0 amide bonds. The Kier molecular flexibility index (Phi) is 5.30. The van der Waals surface area contributed by atoms with Gasteiger partial charge in [0.1, 0.15) is 0 Å². The summed E-state index contributed by atoms with van der Waals surface area (Å²) < 4.78 is 0. The number of rotatable bonds is 5. The van der Waals surface area contributed by atoms with Gasteiger partial charge in [-0.1, -0.05) is 46.3 Å². The number of carboxylic acids is 1. The van der Waals surface area contributed by atoms with Crippen molar-refractivity contribution in [3.8, 4) is 0 Å². The number of fused-ring (bicyclic) bond motifs is 1. The lowest BCUT2D eigenvalue weighted by Crippen LogP contribution is -2.48. The average molecular weight is 322 g/mol. The number of aliphatic carboxylic acids is 1. The van der Waals surface area contributed by atoms with Crippen molar-refractivity contribution in [2.45, 2.75) is 79.2 Å². The molecule has 0 aromatic rings. The first-order valence-corrected chi connectivity index (χ1v) is 9.19. The summed E-state index contributed by atoms with van der Waals surface area (Å²) in [5.41, 5.74) is 1.54. The van der Waals surface area contributed by atoms with Crippen molar-refractivity contribution < 1.29 is 15.0 Å². The summed E-state index contributed by atoms with van der Waals surface area (Å²) >= 11 is 0. The zero-order chi connectivity index (χ0) is 17.4. The highest BCUT2D eigenvalue weighted by Crippen LogP contribution is 2.58. The van der Waals surface area contributed by atoms with Crippen molar-refractivity contribution >= 4 is 5.97 Å². The minimum atomic E-state index is -0.693. The van der Waals surface area contributed by atoms with Gasteiger partial charge in [0.25, 0.3) is 0 Å². The molecule has 0 heterocycles. The van der Waals surface area contributed by atoms with Crippen LogP contribution in [0.3, 0.4) is 0 Å². The number of hydrogen-bond donors (Lipinski definition) is 2. The van der Waals surface area contributed by atoms with Crippen LogP contribution in [0.5, 0.6) is 0 Å². The molecule has 0 radical (unpaired) electrons. The van der Waals surface area contributed by atoms with E-state index in [2.05, 4.69) is 40.7 Å². The molecule has 3 nitrogen and oxygen atoms in total. The zero-order valence-corrected chi connectivity index (χ0v) is 15.4. The van der Waals surface area contributed by atoms with Crippen LogP contribution in [0.2, 0.25) is 0 Å². The fraction of sp³-hybridized carbons (Fsp3) is 0.850. The van der Waals surface area contributed by atoms with Crippen molar-refractivity contribution in [1.82, 2.24) is 0 Å². The maximum Gasteiger partial charge on any atom is 0.303 e. The Hall–Kier alpha value is -0.830. The van der Waals surface area contributed by atoms with Crippen molar-refractivity contribution in [1.29, 1.82) is 0 Å². The maximum atomic E-state index is 10.9. The molecule has 2 N–H and O–H groups in total. The van der Waals surface area contributed by atoms with Crippen molar-refractivity contribution in [2.75, 3.05) is 0 Å². The van der Waals surface area contributed by atoms with Crippen molar-refractivity contribution in [2.24, 2.45) is 28.6 Å². The van der Waals surface area contributed by atoms with Crippen LogP contribution in [-0.2, 0) is 4.79 Å². The number of carboxylic acid groups (broad SMARTS) is 1. The summed E-state index contributed by atoms with van der Waals surface area (Å²) in [7, 11) is 0. The highest BCUT2D eigenvalue weighted by atomic mass is 16.4. The van der Waals surface area contributed by atoms with Gasteiger partial charge < -0.3 is 10.2 Å². The molecule has 3 heteroatoms. The van der Waals surface area contributed by atoms with E-state index in [1.807, 2.05) is 0 Å². The molecule has 0 aromatic heterocycles. The Bertz CT molecular complexity index is 479. The lowest BCUT2D eigenvalue weighted by atomic mass is 9.51. The number of allylic oxidation sites excluding steroid dienone is 1. The molecule has 0 aliphatic heterocycles. The van der Waals surface area contributed by atoms with Crippen LogP contribution in [0.4, 0.5) is 0 Å². The summed E-state index contributed by atoms with van der Waals surface area (Å²) in [4.78, 5) is 10.9. The lowest BCUT2D eigenvalue weighted by molar-refractivity contribution is -0.138. The standard InChI is InChI=1S/C20H34O3/c1-13(12-18(22)23)10-11-20(5)14(2)6-7-15-16(20)8-9-17(21)19(15,3)4/h7,13-14,16-17,21H,6,8-12H2,1-5H3,(H,22,23)/t13-,14-,16+,17+,20+/m1/s1. The van der Waals surface area contributed by atoms with E-state index in [0.29, 0.717) is 11.8 Å². The molecule has 1 saturated carbocycles. The van der Waals surface area contributed by atoms with Gasteiger partial charge >= 0.3 is 5.97 Å². The fourth-order valence-corrected chi connectivity index (χ4v) is 4.87. The Morgan fingerprint density at radius 1 is 1.35 bits per heavy atom. The van der Waals surface area contributed by atoms with Gasteiger partial charge in [-0.25, -0.2) is 0 Å². The second kappa shape index (κ2) is 6.58. The molecule has 0 unspecified atom stereocenters. The first-order chi connectivity index (χ1) is 10.6. The predicted octanol–water partition coefficient (Wildman–Crippen LogP) is 4.65. The maximum absolute atomic E-state index is 10.9. The van der Waals surface area contributed by atoms with E-state index < -0.39 is 5.97 Å². The molecule has 5 atom stereocenters. The second-order valence-electron chi connectivity index (χ2n) is 8.91. The fourth-order valence-electron chi connectivity index (χ4n) is 4.87. The van der Waals surface area contributed by atoms with Crippen LogP contribution in [0.15, 0.2) is 11.6 Å². The molecule has 23 heavy (non-hydrogen) atoms. The van der Waals surface area contributed by atoms with Gasteiger partial charge in [0.2, 0.25) is 0 Å². The molecule has 0 bridgehead atoms. The van der Waals surface area contributed by atoms with E-state index in [0.717, 1.165) is 32.1 Å². The van der Waals surface area contributed by atoms with Crippen LogP contribution in [0.1, 0.15) is 73.1 Å². The number of hydrogen-bond acceptors (Lipinski definition) is 2. The first-order valence-electron chi connectivity index (χ1n) is 9.19. The van der Waals surface area contributed by atoms with E-state index in [1.54, 1.807) is 0 Å². The van der Waals surface area contributed by atoms with Crippen LogP contribution < -0.4 is 0 Å². The molecule has 1 fully saturated rings. The zero-order valence-electron chi connectivity index (χ0n) is 15.4. The molecule has 2 aliphatic carbocycles. The van der Waals surface area contributed by atoms with Gasteiger partial charge in [-0.05, 0) is 55.3 Å². The van der Waals surface area contributed by atoms with Gasteiger partial charge in [0.15, 0.2) is 0 Å². The van der Waals surface area contributed by atoms with Gasteiger partial charge in [-0.2, -0.15) is 0 Å². The first kappa shape index (κ1) is 18.5. The smallest absolute Gasteiger partial charge is 0.303 e. The number of carbonyl (C=O) groups is 1. The highest BCUT2D eigenvalue weighted by Gasteiger charge is 2.50. The normalized spacial score (nSPS) is 37.7. The van der Waals surface area contributed by atoms with Gasteiger partial charge in [-0.15, -0.1) is 0 Å². The summed E-state index contributed by atoms with van der Waals surface area (Å²) in [5, 5.41) is 19.4. The third-order valence-corrected chi connectivity index (χ3v) is 6.99. The Morgan fingerprint density at radius 2 is 2.00 bits per heavy atom. The van der Waals surface area contributed by atoms with Crippen molar-refractivity contribution in [3.05, 3.63) is 11.6 Å². The monoisotopic (exact) mass is 322 g/mol. The largest absolute Gasteiger partial charge is 0.481 e. The number of aliphatic hydroxyl groups is 1. The molecule has 2 rings (SSSR count). The second-order valence-corrected chi connectivity index (χ2v) is 8.91. The van der Waals surface area contributed by atoms with E-state index in [9.17, 15) is 9.90 Å². The average Bonchev–Trinajstić information content (AvgIpc) is 2.44. The molecular weight excluding hydrogens is 288 g/mol. The van der Waals surface area contributed by atoms with Gasteiger partial charge in [0, 0.05) is 11.8 Å². The number of aliphatic hydroxyl groups excluding tert-OH is 1. The molecule has 132 valence electrons. The lowest BCUT2D eigenvalue weighted by Gasteiger charge is -2.54. The summed E-state index contributed by atoms with van der Waals surface area (Å²) in [6, 6.07) is 0. The van der Waals surface area contributed by atoms with Crippen LogP contribution in [0.25, 0.3) is 0 Å². The summed E-state index contributed by atoms with van der Waals surface area (Å²) in [5.74, 6) is 0.677. The Balaban J connectivity index is 2.17. The highest BCUT2D eigenvalue weighted by molar-refractivity contribution is 5.66. The molecule has 0 spiro atoms. The minimum absolute atomic E-state index is 0.128. The molecule has 0 saturated heterocycles. The van der Waals surface area contributed by atoms with Gasteiger partial charge in [-0.3, -0.25) is 4.79 Å². The van der Waals surface area contributed by atoms with E-state index in [-0.39, 0.29) is 29.3 Å². The molecular formula is C20H34O3. The van der Waals surface area contributed by atoms with Crippen LogP contribution >= 0.6 is 0 Å². The third kappa shape index (κ3) is 3.50. The topological polar surface area (TPSA) is 57.5 Å². The third-order valence-electron chi connectivity index (χ3n) is 6.99. The SMILES string of the molecule is C[C@H](CC[C@@]1(C)[C@H](C)CC=C2[C@@H]1CC[C@H](O)C2(C)C)CC(=O)O. The van der Waals surface area contributed by atoms with Crippen LogP contribution in [-0.4, -0.2) is 22.3 Å². The van der Waals surface area contributed by atoms with E-state index in [1.165, 1.54) is 5.57 Å². The molecule has 2 aliphatic rings.